The molecule has 2 atom stereocenters. The molecule has 2 heterocycles. The van der Waals surface area contributed by atoms with Crippen molar-refractivity contribution in [3.8, 4) is 5.88 Å². The number of methoxy groups -OCH3 is 1. The first-order valence-electron chi connectivity index (χ1n) is 10.8. The van der Waals surface area contributed by atoms with Gasteiger partial charge < -0.3 is 14.1 Å². The third-order valence-corrected chi connectivity index (χ3v) is 11.4. The van der Waals surface area contributed by atoms with Crippen LogP contribution in [-0.2, 0) is 4.43 Å². The third-order valence-electron chi connectivity index (χ3n) is 6.87. The third kappa shape index (κ3) is 4.46. The van der Waals surface area contributed by atoms with E-state index < -0.39 is 8.32 Å². The number of rotatable bonds is 5. The van der Waals surface area contributed by atoms with Crippen LogP contribution in [0.2, 0.25) is 18.1 Å². The molecular formula is C23H38N2O2Si. The summed E-state index contributed by atoms with van der Waals surface area (Å²) in [6, 6.07) is 2.12. The van der Waals surface area contributed by atoms with E-state index in [1.54, 1.807) is 7.11 Å². The zero-order valence-electron chi connectivity index (χ0n) is 18.8. The highest BCUT2D eigenvalue weighted by atomic mass is 28.4. The lowest BCUT2D eigenvalue weighted by atomic mass is 9.95. The first-order valence-corrected chi connectivity index (χ1v) is 13.7. The van der Waals surface area contributed by atoms with Crippen LogP contribution in [0.4, 0.5) is 5.69 Å². The highest BCUT2D eigenvalue weighted by Crippen LogP contribution is 2.41. The molecule has 2 aliphatic rings. The molecule has 0 amide bonds. The second-order valence-electron chi connectivity index (χ2n) is 9.99. The molecule has 28 heavy (non-hydrogen) atoms. The maximum absolute atomic E-state index is 6.78. The Kier molecular flexibility index (Phi) is 6.25. The molecule has 0 radical (unpaired) electrons. The highest BCUT2D eigenvalue weighted by Gasteiger charge is 2.41. The Morgan fingerprint density at radius 1 is 1.25 bits per heavy atom. The quantitative estimate of drug-likeness (QED) is 0.575. The number of anilines is 1. The Balaban J connectivity index is 1.78. The summed E-state index contributed by atoms with van der Waals surface area (Å²) >= 11 is 0. The number of hydrogen-bond donors (Lipinski definition) is 0. The summed E-state index contributed by atoms with van der Waals surface area (Å²) in [5.74, 6) is 1.21. The Morgan fingerprint density at radius 3 is 2.57 bits per heavy atom. The van der Waals surface area contributed by atoms with Crippen molar-refractivity contribution in [2.45, 2.75) is 77.6 Å². The lowest BCUT2D eigenvalue weighted by Crippen LogP contribution is -2.50. The molecule has 0 spiro atoms. The van der Waals surface area contributed by atoms with Crippen molar-refractivity contribution >= 4 is 19.6 Å². The topological polar surface area (TPSA) is 34.6 Å². The molecule has 156 valence electrons. The molecule has 0 unspecified atom stereocenters. The average Bonchev–Trinajstić information content (AvgIpc) is 3.16. The molecular weight excluding hydrogens is 364 g/mol. The van der Waals surface area contributed by atoms with E-state index in [-0.39, 0.29) is 5.04 Å². The van der Waals surface area contributed by atoms with E-state index in [0.29, 0.717) is 17.9 Å². The predicted molar refractivity (Wildman–Crippen MR) is 121 cm³/mol. The lowest BCUT2D eigenvalue weighted by Gasteiger charge is -2.45. The maximum Gasteiger partial charge on any atom is 0.215 e. The van der Waals surface area contributed by atoms with Gasteiger partial charge in [-0.2, -0.15) is 0 Å². The van der Waals surface area contributed by atoms with Crippen molar-refractivity contribution in [1.29, 1.82) is 0 Å². The van der Waals surface area contributed by atoms with Crippen molar-refractivity contribution in [3.05, 3.63) is 23.9 Å². The van der Waals surface area contributed by atoms with Gasteiger partial charge in [-0.3, -0.25) is 0 Å². The fourth-order valence-electron chi connectivity index (χ4n) is 4.04. The summed E-state index contributed by atoms with van der Waals surface area (Å²) < 4.78 is 12.2. The van der Waals surface area contributed by atoms with Crippen LogP contribution in [0.1, 0.15) is 58.9 Å². The van der Waals surface area contributed by atoms with Gasteiger partial charge in [0.25, 0.3) is 0 Å². The van der Waals surface area contributed by atoms with Gasteiger partial charge in [-0.15, -0.1) is 0 Å². The number of ether oxygens (including phenoxy) is 1. The summed E-state index contributed by atoms with van der Waals surface area (Å²) in [6.45, 7) is 16.1. The second kappa shape index (κ2) is 8.19. The number of piperidine rings is 1. The van der Waals surface area contributed by atoms with E-state index in [0.717, 1.165) is 25.9 Å². The molecule has 0 saturated carbocycles. The molecule has 1 fully saturated rings. The van der Waals surface area contributed by atoms with Crippen molar-refractivity contribution in [2.24, 2.45) is 5.92 Å². The predicted octanol–water partition coefficient (Wildman–Crippen LogP) is 5.89. The Bertz CT molecular complexity index is 724. The maximum atomic E-state index is 6.78. The van der Waals surface area contributed by atoms with E-state index in [9.17, 15) is 0 Å². The molecule has 1 aliphatic heterocycles. The summed E-state index contributed by atoms with van der Waals surface area (Å²) in [5.41, 5.74) is 4.00. The number of pyridine rings is 1. The van der Waals surface area contributed by atoms with Gasteiger partial charge in [0, 0.05) is 30.9 Å². The van der Waals surface area contributed by atoms with E-state index >= 15 is 0 Å². The molecule has 0 bridgehead atoms. The SMILES string of the molecule is COc1cc(N2CC[C@H](O[Si](C)(C)C(C)(C)C)[C@H](C)C2)c(C2=CCCC2)cn1. The molecule has 1 aliphatic carbocycles. The number of aromatic nitrogens is 1. The summed E-state index contributed by atoms with van der Waals surface area (Å²) in [6.07, 6.45) is 9.41. The van der Waals surface area contributed by atoms with Crippen LogP contribution in [0, 0.1) is 5.92 Å². The highest BCUT2D eigenvalue weighted by molar-refractivity contribution is 6.74. The van der Waals surface area contributed by atoms with Crippen LogP contribution in [0.3, 0.4) is 0 Å². The number of nitrogens with zero attached hydrogens (tertiary/aromatic N) is 2. The Morgan fingerprint density at radius 2 is 2.00 bits per heavy atom. The number of allylic oxidation sites excluding steroid dienone is 2. The molecule has 0 N–H and O–H groups in total. The lowest BCUT2D eigenvalue weighted by molar-refractivity contribution is 0.106. The van der Waals surface area contributed by atoms with Crippen LogP contribution in [0.5, 0.6) is 5.88 Å². The van der Waals surface area contributed by atoms with Gasteiger partial charge in [-0.1, -0.05) is 33.8 Å². The van der Waals surface area contributed by atoms with Gasteiger partial charge in [0.1, 0.15) is 0 Å². The fraction of sp³-hybridized carbons (Fsp3) is 0.696. The standard InChI is InChI=1S/C23H38N2O2Si/c1-17-16-25(13-12-21(17)27-28(6,7)23(2,3)4)20-14-22(26-5)24-15-19(20)18-10-8-9-11-18/h10,14-15,17,21H,8-9,11-13,16H2,1-7H3/t17-,21+/m1/s1. The van der Waals surface area contributed by atoms with Crippen molar-refractivity contribution in [2.75, 3.05) is 25.1 Å². The van der Waals surface area contributed by atoms with E-state index in [4.69, 9.17) is 9.16 Å². The van der Waals surface area contributed by atoms with Crippen LogP contribution in [0.25, 0.3) is 5.57 Å². The van der Waals surface area contributed by atoms with Crippen LogP contribution < -0.4 is 9.64 Å². The van der Waals surface area contributed by atoms with Crippen molar-refractivity contribution in [3.63, 3.8) is 0 Å². The van der Waals surface area contributed by atoms with Gasteiger partial charge in [0.15, 0.2) is 8.32 Å². The molecule has 1 aromatic rings. The smallest absolute Gasteiger partial charge is 0.215 e. The van der Waals surface area contributed by atoms with Gasteiger partial charge in [-0.05, 0) is 55.3 Å². The van der Waals surface area contributed by atoms with Crippen LogP contribution >= 0.6 is 0 Å². The molecule has 1 aromatic heterocycles. The van der Waals surface area contributed by atoms with Crippen molar-refractivity contribution in [1.82, 2.24) is 4.98 Å². The fourth-order valence-corrected chi connectivity index (χ4v) is 5.50. The van der Waals surface area contributed by atoms with Gasteiger partial charge in [0.05, 0.1) is 18.9 Å². The summed E-state index contributed by atoms with van der Waals surface area (Å²) in [5, 5.41) is 0.254. The number of hydrogen-bond acceptors (Lipinski definition) is 4. The van der Waals surface area contributed by atoms with E-state index in [1.807, 2.05) is 6.20 Å². The minimum absolute atomic E-state index is 0.254. The largest absolute Gasteiger partial charge is 0.481 e. The monoisotopic (exact) mass is 402 g/mol. The molecule has 3 rings (SSSR count). The normalized spacial score (nSPS) is 23.7. The zero-order chi connectivity index (χ0) is 20.5. The van der Waals surface area contributed by atoms with E-state index in [2.05, 4.69) is 62.8 Å². The van der Waals surface area contributed by atoms with Crippen molar-refractivity contribution < 1.29 is 9.16 Å². The average molecular weight is 403 g/mol. The Labute approximate surface area is 172 Å². The summed E-state index contributed by atoms with van der Waals surface area (Å²) in [7, 11) is -0.0429. The summed E-state index contributed by atoms with van der Waals surface area (Å²) in [4.78, 5) is 7.02. The van der Waals surface area contributed by atoms with Crippen LogP contribution in [-0.4, -0.2) is 39.6 Å². The second-order valence-corrected chi connectivity index (χ2v) is 14.8. The first kappa shape index (κ1) is 21.4. The molecule has 1 saturated heterocycles. The zero-order valence-corrected chi connectivity index (χ0v) is 19.8. The van der Waals surface area contributed by atoms with E-state index in [1.165, 1.54) is 29.7 Å². The minimum Gasteiger partial charge on any atom is -0.481 e. The minimum atomic E-state index is -1.74. The first-order chi connectivity index (χ1) is 13.1. The van der Waals surface area contributed by atoms with Crippen LogP contribution in [0.15, 0.2) is 18.3 Å². The molecule has 0 aromatic carbocycles. The van der Waals surface area contributed by atoms with Gasteiger partial charge in [-0.25, -0.2) is 4.98 Å². The van der Waals surface area contributed by atoms with Gasteiger partial charge >= 0.3 is 0 Å². The van der Waals surface area contributed by atoms with Gasteiger partial charge in [0.2, 0.25) is 5.88 Å². The molecule has 4 nitrogen and oxygen atoms in total. The molecule has 5 heteroatoms. The Hall–Kier alpha value is -1.33.